The number of nitrogens with one attached hydrogen (secondary N) is 2. The Bertz CT molecular complexity index is 959. The van der Waals surface area contributed by atoms with Crippen LogP contribution in [0, 0.1) is 17.2 Å². The molecule has 2 aromatic carbocycles. The van der Waals surface area contributed by atoms with Gasteiger partial charge in [-0.2, -0.15) is 0 Å². The van der Waals surface area contributed by atoms with Crippen LogP contribution in [0.5, 0.6) is 0 Å². The average molecular weight is 426 g/mol. The van der Waals surface area contributed by atoms with E-state index in [2.05, 4.69) is 17.6 Å². The number of rotatable bonds is 4. The number of halogens is 1. The van der Waals surface area contributed by atoms with Gasteiger partial charge in [-0.25, -0.2) is 9.18 Å². The third-order valence-electron chi connectivity index (χ3n) is 6.42. The molecular weight excluding hydrogens is 397 g/mol. The first kappa shape index (κ1) is 21.3. The summed E-state index contributed by atoms with van der Waals surface area (Å²) in [4.78, 5) is 27.9. The highest BCUT2D eigenvalue weighted by atomic mass is 19.1. The molecule has 1 atom stereocenters. The molecule has 2 aliphatic rings. The van der Waals surface area contributed by atoms with E-state index < -0.39 is 5.82 Å². The number of urea groups is 1. The average Bonchev–Trinajstić information content (AvgIpc) is 3.13. The first-order valence-electron chi connectivity index (χ1n) is 10.8. The second-order valence-corrected chi connectivity index (χ2v) is 8.39. The van der Waals surface area contributed by atoms with Crippen molar-refractivity contribution in [3.05, 3.63) is 59.9 Å². The highest BCUT2D eigenvalue weighted by molar-refractivity contribution is 5.95. The largest absolute Gasteiger partial charge is 0.381 e. The second kappa shape index (κ2) is 9.06. The van der Waals surface area contributed by atoms with Gasteiger partial charge in [-0.15, -0.1) is 0 Å². The Hall–Kier alpha value is -2.93. The summed E-state index contributed by atoms with van der Waals surface area (Å²) in [5.41, 5.74) is 1.98. The Morgan fingerprint density at radius 3 is 2.52 bits per heavy atom. The maximum Gasteiger partial charge on any atom is 0.321 e. The molecule has 2 aliphatic heterocycles. The van der Waals surface area contributed by atoms with Crippen LogP contribution < -0.4 is 10.6 Å². The second-order valence-electron chi connectivity index (χ2n) is 8.39. The van der Waals surface area contributed by atoms with Crippen molar-refractivity contribution in [1.82, 2.24) is 4.90 Å². The van der Waals surface area contributed by atoms with E-state index in [1.165, 1.54) is 12.1 Å². The van der Waals surface area contributed by atoms with Crippen LogP contribution in [-0.2, 0) is 16.0 Å². The van der Waals surface area contributed by atoms with Gasteiger partial charge in [-0.1, -0.05) is 25.1 Å². The molecule has 31 heavy (non-hydrogen) atoms. The summed E-state index contributed by atoms with van der Waals surface area (Å²) in [7, 11) is 0. The molecule has 0 saturated carbocycles. The number of hydrogen-bond donors (Lipinski definition) is 2. The molecule has 1 spiro atoms. The minimum absolute atomic E-state index is 0.184. The van der Waals surface area contributed by atoms with Gasteiger partial charge in [0.05, 0.1) is 5.92 Å². The molecule has 164 valence electrons. The van der Waals surface area contributed by atoms with Crippen LogP contribution in [-0.4, -0.2) is 43.1 Å². The predicted octanol–water partition coefficient (Wildman–Crippen LogP) is 4.29. The first-order valence-corrected chi connectivity index (χ1v) is 10.8. The number of amides is 3. The van der Waals surface area contributed by atoms with Crippen molar-refractivity contribution in [2.75, 3.05) is 36.9 Å². The fraction of sp³-hybridized carbons (Fsp3) is 0.417. The van der Waals surface area contributed by atoms with Crippen molar-refractivity contribution < 1.29 is 18.7 Å². The molecule has 6 nitrogen and oxygen atoms in total. The van der Waals surface area contributed by atoms with Crippen LogP contribution in [0.1, 0.15) is 25.3 Å². The van der Waals surface area contributed by atoms with Crippen LogP contribution in [0.2, 0.25) is 0 Å². The Balaban J connectivity index is 1.50. The van der Waals surface area contributed by atoms with Gasteiger partial charge < -0.3 is 20.3 Å². The lowest BCUT2D eigenvalue weighted by atomic mass is 9.71. The third-order valence-corrected chi connectivity index (χ3v) is 6.42. The highest BCUT2D eigenvalue weighted by Crippen LogP contribution is 2.45. The third kappa shape index (κ3) is 4.71. The predicted molar refractivity (Wildman–Crippen MR) is 117 cm³/mol. The van der Waals surface area contributed by atoms with Gasteiger partial charge >= 0.3 is 6.03 Å². The van der Waals surface area contributed by atoms with Crippen molar-refractivity contribution >= 4 is 23.3 Å². The molecule has 4 rings (SSSR count). The molecule has 2 saturated heterocycles. The number of anilines is 2. The van der Waals surface area contributed by atoms with E-state index in [-0.39, 0.29) is 23.3 Å². The lowest BCUT2D eigenvalue weighted by molar-refractivity contribution is -0.124. The fourth-order valence-corrected chi connectivity index (χ4v) is 4.64. The quantitative estimate of drug-likeness (QED) is 0.768. The normalized spacial score (nSPS) is 19.9. The molecule has 0 aliphatic carbocycles. The summed E-state index contributed by atoms with van der Waals surface area (Å²) in [6, 6.07) is 13.4. The van der Waals surface area contributed by atoms with Gasteiger partial charge in [0.2, 0.25) is 5.91 Å². The monoisotopic (exact) mass is 425 g/mol. The van der Waals surface area contributed by atoms with Gasteiger partial charge in [0, 0.05) is 43.1 Å². The van der Waals surface area contributed by atoms with Gasteiger partial charge in [0.25, 0.3) is 0 Å². The maximum absolute atomic E-state index is 13.5. The summed E-state index contributed by atoms with van der Waals surface area (Å²) >= 11 is 0. The number of hydrogen-bond acceptors (Lipinski definition) is 3. The summed E-state index contributed by atoms with van der Waals surface area (Å²) < 4.78 is 19.1. The molecule has 2 fully saturated rings. The van der Waals surface area contributed by atoms with E-state index in [0.717, 1.165) is 17.7 Å². The Labute approximate surface area is 181 Å². The Morgan fingerprint density at radius 2 is 1.81 bits per heavy atom. The highest BCUT2D eigenvalue weighted by Gasteiger charge is 2.51. The summed E-state index contributed by atoms with van der Waals surface area (Å²) in [5.74, 6) is -0.969. The zero-order valence-corrected chi connectivity index (χ0v) is 17.7. The van der Waals surface area contributed by atoms with Crippen molar-refractivity contribution in [1.29, 1.82) is 0 Å². The van der Waals surface area contributed by atoms with Gasteiger partial charge in [0.15, 0.2) is 0 Å². The van der Waals surface area contributed by atoms with Crippen molar-refractivity contribution in [3.63, 3.8) is 0 Å². The smallest absolute Gasteiger partial charge is 0.321 e. The van der Waals surface area contributed by atoms with Gasteiger partial charge in [-0.3, -0.25) is 4.79 Å². The Morgan fingerprint density at radius 1 is 1.10 bits per heavy atom. The van der Waals surface area contributed by atoms with Crippen molar-refractivity contribution in [2.24, 2.45) is 11.3 Å². The van der Waals surface area contributed by atoms with E-state index in [1.807, 2.05) is 24.3 Å². The summed E-state index contributed by atoms with van der Waals surface area (Å²) in [6.45, 7) is 4.02. The SMILES string of the molecule is CCc1cccc(NC(=O)N2CC(C(=O)Nc3cccc(F)c3)C3(CCOCC3)C2)c1. The minimum Gasteiger partial charge on any atom is -0.381 e. The molecule has 7 heteroatoms. The Kier molecular flexibility index (Phi) is 6.23. The standard InChI is InChI=1S/C24H28FN3O3/c1-2-17-5-3-7-19(13-17)27-23(30)28-15-21(24(16-28)9-11-31-12-10-24)22(29)26-20-8-4-6-18(25)14-20/h3-8,13-14,21H,2,9-12,15-16H2,1H3,(H,26,29)(H,27,30). The number of nitrogens with zero attached hydrogens (tertiary/aromatic N) is 1. The lowest BCUT2D eigenvalue weighted by Gasteiger charge is -2.37. The number of benzene rings is 2. The minimum atomic E-state index is -0.402. The number of carbonyl (C=O) groups excluding carboxylic acids is 2. The maximum atomic E-state index is 13.5. The van der Waals surface area contributed by atoms with Crippen LogP contribution >= 0.6 is 0 Å². The van der Waals surface area contributed by atoms with Crippen LogP contribution in [0.4, 0.5) is 20.6 Å². The van der Waals surface area contributed by atoms with E-state index >= 15 is 0 Å². The van der Waals surface area contributed by atoms with Gasteiger partial charge in [0.1, 0.15) is 5.82 Å². The van der Waals surface area contributed by atoms with E-state index in [0.29, 0.717) is 44.8 Å². The lowest BCUT2D eigenvalue weighted by Crippen LogP contribution is -2.42. The first-order chi connectivity index (χ1) is 15.0. The number of likely N-dealkylation sites (tertiary alicyclic amines) is 1. The molecule has 3 amide bonds. The molecule has 1 unspecified atom stereocenters. The van der Waals surface area contributed by atoms with Crippen molar-refractivity contribution in [3.8, 4) is 0 Å². The van der Waals surface area contributed by atoms with Gasteiger partial charge in [-0.05, 0) is 55.2 Å². The van der Waals surface area contributed by atoms with E-state index in [9.17, 15) is 14.0 Å². The molecule has 2 aromatic rings. The zero-order valence-electron chi connectivity index (χ0n) is 17.7. The van der Waals surface area contributed by atoms with Crippen molar-refractivity contribution in [2.45, 2.75) is 26.2 Å². The zero-order chi connectivity index (χ0) is 21.8. The van der Waals surface area contributed by atoms with Crippen LogP contribution in [0.15, 0.2) is 48.5 Å². The molecule has 0 radical (unpaired) electrons. The molecule has 2 heterocycles. The molecular formula is C24H28FN3O3. The molecule has 0 aromatic heterocycles. The number of ether oxygens (including phenoxy) is 1. The topological polar surface area (TPSA) is 70.7 Å². The fourth-order valence-electron chi connectivity index (χ4n) is 4.64. The van der Waals surface area contributed by atoms with E-state index in [4.69, 9.17) is 4.74 Å². The van der Waals surface area contributed by atoms with E-state index in [1.54, 1.807) is 17.0 Å². The number of aryl methyl sites for hydroxylation is 1. The van der Waals surface area contributed by atoms with Crippen LogP contribution in [0.25, 0.3) is 0 Å². The number of carbonyl (C=O) groups is 2. The summed E-state index contributed by atoms with van der Waals surface area (Å²) in [6.07, 6.45) is 2.31. The molecule has 2 N–H and O–H groups in total. The van der Waals surface area contributed by atoms with Crippen LogP contribution in [0.3, 0.4) is 0 Å². The molecule has 0 bridgehead atoms. The summed E-state index contributed by atoms with van der Waals surface area (Å²) in [5, 5.41) is 5.81.